The highest BCUT2D eigenvalue weighted by Gasteiger charge is 2.20. The topological polar surface area (TPSA) is 107 Å². The van der Waals surface area contributed by atoms with E-state index < -0.39 is 0 Å². The van der Waals surface area contributed by atoms with E-state index in [9.17, 15) is 9.59 Å². The lowest BCUT2D eigenvalue weighted by Crippen LogP contribution is -2.15. The zero-order valence-electron chi connectivity index (χ0n) is 20.6. The molecule has 36 heavy (non-hydrogen) atoms. The Kier molecular flexibility index (Phi) is 6.05. The molecule has 2 aromatic carbocycles. The number of carbonyl (C=O) groups excluding carboxylic acids is 2. The summed E-state index contributed by atoms with van der Waals surface area (Å²) in [6, 6.07) is 12.8. The first-order valence-electron chi connectivity index (χ1n) is 11.8. The second-order valence-electron chi connectivity index (χ2n) is 9.00. The number of hydrogen-bond acceptors (Lipinski definition) is 6. The summed E-state index contributed by atoms with van der Waals surface area (Å²) in [5.74, 6) is 0.909. The predicted molar refractivity (Wildman–Crippen MR) is 138 cm³/mol. The third kappa shape index (κ3) is 4.47. The summed E-state index contributed by atoms with van der Waals surface area (Å²) in [6.07, 6.45) is 1.68. The highest BCUT2D eigenvalue weighted by atomic mass is 16.6. The van der Waals surface area contributed by atoms with Crippen molar-refractivity contribution in [3.05, 3.63) is 59.8 Å². The van der Waals surface area contributed by atoms with Gasteiger partial charge in [-0.05, 0) is 68.8 Å². The van der Waals surface area contributed by atoms with Crippen molar-refractivity contribution in [2.24, 2.45) is 0 Å². The Morgan fingerprint density at radius 1 is 1.00 bits per heavy atom. The lowest BCUT2D eigenvalue weighted by atomic mass is 10.1. The molecule has 4 aromatic rings. The van der Waals surface area contributed by atoms with Crippen LogP contribution < -0.4 is 20.1 Å². The van der Waals surface area contributed by atoms with Crippen molar-refractivity contribution in [2.75, 3.05) is 23.8 Å². The first-order chi connectivity index (χ1) is 17.3. The molecule has 2 N–H and O–H groups in total. The maximum Gasteiger partial charge on any atom is 0.256 e. The minimum absolute atomic E-state index is 0.0606. The van der Waals surface area contributed by atoms with Crippen molar-refractivity contribution in [3.8, 4) is 22.8 Å². The fraction of sp³-hybridized carbons (Fsp3) is 0.259. The van der Waals surface area contributed by atoms with Gasteiger partial charge in [-0.3, -0.25) is 9.59 Å². The van der Waals surface area contributed by atoms with Crippen LogP contribution in [0.3, 0.4) is 0 Å². The minimum atomic E-state index is -0.281. The molecule has 0 fully saturated rings. The van der Waals surface area contributed by atoms with Gasteiger partial charge in [0.2, 0.25) is 5.91 Å². The Labute approximate surface area is 208 Å². The fourth-order valence-corrected chi connectivity index (χ4v) is 4.20. The van der Waals surface area contributed by atoms with E-state index in [1.54, 1.807) is 29.1 Å². The van der Waals surface area contributed by atoms with Gasteiger partial charge < -0.3 is 20.1 Å². The highest BCUT2D eigenvalue weighted by molar-refractivity contribution is 6.12. The van der Waals surface area contributed by atoms with Crippen LogP contribution in [0.15, 0.2) is 48.7 Å². The van der Waals surface area contributed by atoms with Gasteiger partial charge in [-0.1, -0.05) is 0 Å². The van der Waals surface area contributed by atoms with E-state index in [-0.39, 0.29) is 17.9 Å². The number of carbonyl (C=O) groups is 2. The molecule has 0 unspecified atom stereocenters. The first-order valence-corrected chi connectivity index (χ1v) is 11.8. The summed E-state index contributed by atoms with van der Waals surface area (Å²) >= 11 is 0. The number of pyridine rings is 1. The number of benzene rings is 2. The molecule has 0 saturated carbocycles. The summed E-state index contributed by atoms with van der Waals surface area (Å²) in [7, 11) is 0. The van der Waals surface area contributed by atoms with Gasteiger partial charge in [0.25, 0.3) is 5.91 Å². The second-order valence-corrected chi connectivity index (χ2v) is 9.00. The highest BCUT2D eigenvalue weighted by Crippen LogP contribution is 2.35. The van der Waals surface area contributed by atoms with Crippen molar-refractivity contribution in [2.45, 2.75) is 33.7 Å². The Morgan fingerprint density at radius 2 is 1.78 bits per heavy atom. The molecule has 184 valence electrons. The summed E-state index contributed by atoms with van der Waals surface area (Å²) in [4.78, 5) is 29.8. The molecule has 1 aliphatic rings. The van der Waals surface area contributed by atoms with E-state index in [0.29, 0.717) is 58.4 Å². The van der Waals surface area contributed by atoms with Crippen LogP contribution in [-0.4, -0.2) is 39.8 Å². The maximum atomic E-state index is 13.5. The average molecular weight is 486 g/mol. The van der Waals surface area contributed by atoms with Gasteiger partial charge in [-0.25, -0.2) is 9.67 Å². The van der Waals surface area contributed by atoms with Crippen LogP contribution in [0.5, 0.6) is 11.5 Å². The number of nitrogens with one attached hydrogen (secondary N) is 2. The smallest absolute Gasteiger partial charge is 0.256 e. The average Bonchev–Trinajstić information content (AvgIpc) is 3.29. The molecule has 0 spiro atoms. The third-order valence-electron chi connectivity index (χ3n) is 5.93. The standard InChI is InChI=1S/C27H27N5O4/c1-15(2)32-26-21(14-28-32)20(27(34)30-19-6-7-22(16(3)11-19)29-17(4)33)13-23(31-26)18-5-8-24-25(12-18)36-10-9-35-24/h5-8,11-15H,9-10H2,1-4H3,(H,29,33)(H,30,34). The van der Waals surface area contributed by atoms with Gasteiger partial charge in [-0.2, -0.15) is 5.10 Å². The molecule has 9 nitrogen and oxygen atoms in total. The number of ether oxygens (including phenoxy) is 2. The van der Waals surface area contributed by atoms with Crippen LogP contribution in [0.2, 0.25) is 0 Å². The third-order valence-corrected chi connectivity index (χ3v) is 5.93. The molecule has 5 rings (SSSR count). The second kappa shape index (κ2) is 9.33. The van der Waals surface area contributed by atoms with E-state index >= 15 is 0 Å². The van der Waals surface area contributed by atoms with Crippen molar-refractivity contribution in [1.82, 2.24) is 14.8 Å². The van der Waals surface area contributed by atoms with Crippen LogP contribution in [0.4, 0.5) is 11.4 Å². The number of rotatable bonds is 5. The molecule has 3 heterocycles. The van der Waals surface area contributed by atoms with Gasteiger partial charge in [-0.15, -0.1) is 0 Å². The van der Waals surface area contributed by atoms with Crippen LogP contribution in [0.25, 0.3) is 22.3 Å². The van der Waals surface area contributed by atoms with Gasteiger partial charge in [0.1, 0.15) is 13.2 Å². The van der Waals surface area contributed by atoms with Crippen LogP contribution in [0.1, 0.15) is 42.7 Å². The first kappa shape index (κ1) is 23.3. The molecule has 2 amide bonds. The lowest BCUT2D eigenvalue weighted by molar-refractivity contribution is -0.114. The number of anilines is 2. The number of amides is 2. The summed E-state index contributed by atoms with van der Waals surface area (Å²) in [5.41, 5.74) is 4.68. The fourth-order valence-electron chi connectivity index (χ4n) is 4.20. The molecule has 0 atom stereocenters. The van der Waals surface area contributed by atoms with Gasteiger partial charge in [0.05, 0.1) is 22.8 Å². The SMILES string of the molecule is CC(=O)Nc1ccc(NC(=O)c2cc(-c3ccc4c(c3)OCCO4)nc3c2cnn3C(C)C)cc1C. The van der Waals surface area contributed by atoms with Gasteiger partial charge >= 0.3 is 0 Å². The van der Waals surface area contributed by atoms with E-state index in [1.165, 1.54) is 6.92 Å². The molecule has 9 heteroatoms. The Bertz CT molecular complexity index is 1490. The molecular formula is C27H27N5O4. The monoisotopic (exact) mass is 485 g/mol. The predicted octanol–water partition coefficient (Wildman–Crippen LogP) is 4.97. The molecule has 2 aromatic heterocycles. The zero-order chi connectivity index (χ0) is 25.4. The zero-order valence-corrected chi connectivity index (χ0v) is 20.6. The Hall–Kier alpha value is -4.40. The van der Waals surface area contributed by atoms with Crippen molar-refractivity contribution in [3.63, 3.8) is 0 Å². The molecule has 0 aliphatic carbocycles. The summed E-state index contributed by atoms with van der Waals surface area (Å²) in [5, 5.41) is 10.9. The maximum absolute atomic E-state index is 13.5. The minimum Gasteiger partial charge on any atom is -0.486 e. The van der Waals surface area contributed by atoms with E-state index in [2.05, 4.69) is 15.7 Å². The van der Waals surface area contributed by atoms with Crippen molar-refractivity contribution >= 4 is 34.2 Å². The van der Waals surface area contributed by atoms with Crippen LogP contribution in [0, 0.1) is 6.92 Å². The molecule has 1 aliphatic heterocycles. The van der Waals surface area contributed by atoms with Crippen molar-refractivity contribution in [1.29, 1.82) is 0 Å². The van der Waals surface area contributed by atoms with E-state index in [0.717, 1.165) is 11.1 Å². The van der Waals surface area contributed by atoms with Crippen molar-refractivity contribution < 1.29 is 19.1 Å². The number of hydrogen-bond donors (Lipinski definition) is 2. The Morgan fingerprint density at radius 3 is 2.50 bits per heavy atom. The van der Waals surface area contributed by atoms with Crippen LogP contribution in [-0.2, 0) is 4.79 Å². The van der Waals surface area contributed by atoms with Gasteiger partial charge in [0, 0.05) is 29.9 Å². The molecule has 0 radical (unpaired) electrons. The summed E-state index contributed by atoms with van der Waals surface area (Å²) < 4.78 is 13.2. The molecule has 0 bridgehead atoms. The molecule has 0 saturated heterocycles. The summed E-state index contributed by atoms with van der Waals surface area (Å²) in [6.45, 7) is 8.36. The number of aromatic nitrogens is 3. The Balaban J connectivity index is 1.55. The largest absolute Gasteiger partial charge is 0.486 e. The van der Waals surface area contributed by atoms with E-state index in [4.69, 9.17) is 14.5 Å². The number of aryl methyl sites for hydroxylation is 1. The number of fused-ring (bicyclic) bond motifs is 2. The van der Waals surface area contributed by atoms with Crippen LogP contribution >= 0.6 is 0 Å². The van der Waals surface area contributed by atoms with E-state index in [1.807, 2.05) is 45.0 Å². The molecular weight excluding hydrogens is 458 g/mol. The quantitative estimate of drug-likeness (QED) is 0.413. The lowest BCUT2D eigenvalue weighted by Gasteiger charge is -2.19. The number of nitrogens with zero attached hydrogens (tertiary/aromatic N) is 3. The van der Waals surface area contributed by atoms with Gasteiger partial charge in [0.15, 0.2) is 17.1 Å². The normalized spacial score (nSPS) is 12.6.